The quantitative estimate of drug-likeness (QED) is 0.834. The number of fused-ring (bicyclic) bond motifs is 1. The molecule has 6 heteroatoms. The molecule has 0 spiro atoms. The Labute approximate surface area is 140 Å². The Morgan fingerprint density at radius 2 is 1.96 bits per heavy atom. The van der Waals surface area contributed by atoms with E-state index in [0.717, 1.165) is 28.7 Å². The lowest BCUT2D eigenvalue weighted by Crippen LogP contribution is -2.19. The Balaban J connectivity index is 2.09. The highest BCUT2D eigenvalue weighted by atomic mass is 19.4. The predicted octanol–water partition coefficient (Wildman–Crippen LogP) is 4.28. The maximum atomic E-state index is 12.9. The van der Waals surface area contributed by atoms with Crippen LogP contribution in [0.5, 0.6) is 0 Å². The summed E-state index contributed by atoms with van der Waals surface area (Å²) in [5.74, 6) is 0. The Bertz CT molecular complexity index is 760. The van der Waals surface area contributed by atoms with Crippen LogP contribution in [0.4, 0.5) is 13.2 Å². The van der Waals surface area contributed by atoms with Crippen molar-refractivity contribution in [1.29, 1.82) is 0 Å². The molecular weight excluding hydrogens is 315 g/mol. The van der Waals surface area contributed by atoms with Gasteiger partial charge in [0.1, 0.15) is 6.54 Å². The van der Waals surface area contributed by atoms with Crippen LogP contribution in [0.3, 0.4) is 0 Å². The van der Waals surface area contributed by atoms with Gasteiger partial charge in [0.05, 0.1) is 11.4 Å². The predicted molar refractivity (Wildman–Crippen MR) is 87.9 cm³/mol. The van der Waals surface area contributed by atoms with E-state index in [-0.39, 0.29) is 0 Å². The fraction of sp³-hybridized carbons (Fsp3) is 0.500. The second-order valence-electron chi connectivity index (χ2n) is 6.76. The zero-order valence-corrected chi connectivity index (χ0v) is 14.4. The van der Waals surface area contributed by atoms with Crippen molar-refractivity contribution in [2.75, 3.05) is 14.1 Å². The lowest BCUT2D eigenvalue weighted by atomic mass is 10.00. The van der Waals surface area contributed by atoms with Gasteiger partial charge in [-0.15, -0.1) is 0 Å². The smallest absolute Gasteiger partial charge is 0.302 e. The number of hydrogen-bond acceptors (Lipinski definition) is 2. The number of alkyl halides is 3. The molecule has 0 amide bonds. The van der Waals surface area contributed by atoms with Gasteiger partial charge in [0.2, 0.25) is 0 Å². The Hall–Kier alpha value is -1.82. The number of rotatable bonds is 3. The molecule has 1 aliphatic rings. The summed E-state index contributed by atoms with van der Waals surface area (Å²) >= 11 is 0. The third-order valence-electron chi connectivity index (χ3n) is 4.84. The van der Waals surface area contributed by atoms with Crippen LogP contribution in [0, 0.1) is 13.8 Å². The van der Waals surface area contributed by atoms with Gasteiger partial charge in [-0.25, -0.2) is 0 Å². The first-order chi connectivity index (χ1) is 11.2. The second-order valence-corrected chi connectivity index (χ2v) is 6.76. The van der Waals surface area contributed by atoms with E-state index in [1.54, 1.807) is 6.92 Å². The molecule has 3 rings (SSSR count). The molecule has 1 atom stereocenters. The van der Waals surface area contributed by atoms with E-state index < -0.39 is 12.7 Å². The van der Waals surface area contributed by atoms with Crippen molar-refractivity contribution in [1.82, 2.24) is 14.7 Å². The van der Waals surface area contributed by atoms with Crippen LogP contribution in [0.15, 0.2) is 18.2 Å². The molecule has 0 bridgehead atoms. The van der Waals surface area contributed by atoms with Crippen LogP contribution in [0.2, 0.25) is 0 Å². The zero-order valence-electron chi connectivity index (χ0n) is 14.4. The van der Waals surface area contributed by atoms with Gasteiger partial charge in [-0.1, -0.05) is 12.1 Å². The van der Waals surface area contributed by atoms with Gasteiger partial charge in [-0.05, 0) is 63.5 Å². The van der Waals surface area contributed by atoms with E-state index >= 15 is 0 Å². The van der Waals surface area contributed by atoms with Crippen LogP contribution >= 0.6 is 0 Å². The average Bonchev–Trinajstić information content (AvgIpc) is 2.99. The molecule has 0 saturated carbocycles. The largest absolute Gasteiger partial charge is 0.408 e. The van der Waals surface area contributed by atoms with Crippen LogP contribution in [0.1, 0.15) is 34.8 Å². The highest BCUT2D eigenvalue weighted by Gasteiger charge is 2.31. The van der Waals surface area contributed by atoms with Crippen molar-refractivity contribution in [3.63, 3.8) is 0 Å². The summed E-state index contributed by atoms with van der Waals surface area (Å²) in [5.41, 5.74) is 5.32. The lowest BCUT2D eigenvalue weighted by Gasteiger charge is -2.21. The molecule has 1 aromatic heterocycles. The topological polar surface area (TPSA) is 21.1 Å². The fourth-order valence-corrected chi connectivity index (χ4v) is 3.58. The first-order valence-electron chi connectivity index (χ1n) is 8.08. The monoisotopic (exact) mass is 337 g/mol. The number of nitrogens with zero attached hydrogens (tertiary/aromatic N) is 3. The molecule has 0 fully saturated rings. The van der Waals surface area contributed by atoms with Crippen molar-refractivity contribution < 1.29 is 13.2 Å². The standard InChI is InChI=1S/C18H22F3N3/c1-11-12(2)22-24(10-18(19,20)21)17(11)14-6-5-13-7-8-16(23(3)4)15(13)9-14/h5-6,9,16H,7-8,10H2,1-4H3. The van der Waals surface area contributed by atoms with Crippen molar-refractivity contribution >= 4 is 0 Å². The molecule has 1 heterocycles. The first kappa shape index (κ1) is 17.0. The molecule has 1 unspecified atom stereocenters. The van der Waals surface area contributed by atoms with Crippen molar-refractivity contribution in [3.8, 4) is 11.3 Å². The highest BCUT2D eigenvalue weighted by Crippen LogP contribution is 2.38. The van der Waals surface area contributed by atoms with Gasteiger partial charge in [0, 0.05) is 11.6 Å². The van der Waals surface area contributed by atoms with E-state index in [4.69, 9.17) is 0 Å². The molecule has 0 saturated heterocycles. The van der Waals surface area contributed by atoms with Crippen LogP contribution in [0.25, 0.3) is 11.3 Å². The fourth-order valence-electron chi connectivity index (χ4n) is 3.58. The van der Waals surface area contributed by atoms with E-state index in [1.165, 1.54) is 11.1 Å². The summed E-state index contributed by atoms with van der Waals surface area (Å²) in [7, 11) is 4.07. The summed E-state index contributed by atoms with van der Waals surface area (Å²) in [4.78, 5) is 2.17. The number of halogens is 3. The van der Waals surface area contributed by atoms with Gasteiger partial charge in [-0.2, -0.15) is 18.3 Å². The molecule has 1 aliphatic carbocycles. The molecule has 130 valence electrons. The van der Waals surface area contributed by atoms with Crippen LogP contribution in [-0.4, -0.2) is 35.0 Å². The SMILES string of the molecule is Cc1nn(CC(F)(F)F)c(-c2ccc3c(c2)C(N(C)C)CC3)c1C. The highest BCUT2D eigenvalue weighted by molar-refractivity contribution is 5.66. The van der Waals surface area contributed by atoms with Gasteiger partial charge in [0.15, 0.2) is 0 Å². The summed E-state index contributed by atoms with van der Waals surface area (Å²) in [6.45, 7) is 2.52. The number of aromatic nitrogens is 2. The van der Waals surface area contributed by atoms with E-state index in [0.29, 0.717) is 17.4 Å². The molecule has 0 N–H and O–H groups in total. The normalized spacial score (nSPS) is 17.6. The third kappa shape index (κ3) is 3.07. The number of benzene rings is 1. The minimum absolute atomic E-state index is 0.320. The van der Waals surface area contributed by atoms with Gasteiger partial charge in [0.25, 0.3) is 0 Å². The molecule has 0 radical (unpaired) electrons. The van der Waals surface area contributed by atoms with E-state index in [9.17, 15) is 13.2 Å². The summed E-state index contributed by atoms with van der Waals surface area (Å²) in [6.07, 6.45) is -2.23. The molecule has 3 nitrogen and oxygen atoms in total. The second kappa shape index (κ2) is 5.92. The van der Waals surface area contributed by atoms with E-state index in [2.05, 4.69) is 10.00 Å². The first-order valence-corrected chi connectivity index (χ1v) is 8.08. The molecule has 1 aromatic carbocycles. The summed E-state index contributed by atoms with van der Waals surface area (Å²) < 4.78 is 39.8. The van der Waals surface area contributed by atoms with Crippen molar-refractivity contribution in [2.24, 2.45) is 0 Å². The Morgan fingerprint density at radius 1 is 1.25 bits per heavy atom. The minimum Gasteiger partial charge on any atom is -0.302 e. The van der Waals surface area contributed by atoms with Gasteiger partial charge >= 0.3 is 6.18 Å². The van der Waals surface area contributed by atoms with Crippen molar-refractivity contribution in [2.45, 2.75) is 45.5 Å². The minimum atomic E-state index is -4.29. The molecule has 2 aromatic rings. The van der Waals surface area contributed by atoms with E-state index in [1.807, 2.05) is 39.2 Å². The summed E-state index contributed by atoms with van der Waals surface area (Å²) in [6, 6.07) is 6.34. The summed E-state index contributed by atoms with van der Waals surface area (Å²) in [5, 5.41) is 4.11. The van der Waals surface area contributed by atoms with Crippen LogP contribution in [-0.2, 0) is 13.0 Å². The number of aryl methyl sites for hydroxylation is 2. The van der Waals surface area contributed by atoms with Gasteiger partial charge < -0.3 is 4.90 Å². The maximum absolute atomic E-state index is 12.9. The van der Waals surface area contributed by atoms with Crippen molar-refractivity contribution in [3.05, 3.63) is 40.6 Å². The Morgan fingerprint density at radius 3 is 2.58 bits per heavy atom. The Kier molecular flexibility index (Phi) is 4.20. The molecular formula is C18H22F3N3. The average molecular weight is 337 g/mol. The van der Waals surface area contributed by atoms with Crippen LogP contribution < -0.4 is 0 Å². The lowest BCUT2D eigenvalue weighted by molar-refractivity contribution is -0.142. The third-order valence-corrected chi connectivity index (χ3v) is 4.84. The zero-order chi connectivity index (χ0) is 17.6. The number of hydrogen-bond donors (Lipinski definition) is 0. The van der Waals surface area contributed by atoms with Gasteiger partial charge in [-0.3, -0.25) is 4.68 Å². The molecule has 0 aliphatic heterocycles. The molecule has 24 heavy (non-hydrogen) atoms. The maximum Gasteiger partial charge on any atom is 0.408 e.